The highest BCUT2D eigenvalue weighted by molar-refractivity contribution is 9.40. The lowest BCUT2D eigenvalue weighted by Crippen LogP contribution is -1.98. The van der Waals surface area contributed by atoms with Crippen molar-refractivity contribution in [3.05, 3.63) is 24.3 Å². The van der Waals surface area contributed by atoms with Crippen LogP contribution in [0.3, 0.4) is 0 Å². The molecule has 0 unspecified atom stereocenters. The van der Waals surface area contributed by atoms with Crippen LogP contribution < -0.4 is 9.05 Å². The molecule has 1 aromatic rings. The highest BCUT2D eigenvalue weighted by Gasteiger charge is 2.52. The molecule has 0 bridgehead atoms. The van der Waals surface area contributed by atoms with Gasteiger partial charge in [-0.25, -0.2) is 0 Å². The Hall–Kier alpha value is -0.310. The molecule has 0 spiro atoms. The van der Waals surface area contributed by atoms with Gasteiger partial charge in [0.05, 0.1) is 6.61 Å². The molecule has 1 aliphatic rings. The third-order valence-corrected chi connectivity index (χ3v) is 4.43. The Kier molecular flexibility index (Phi) is 2.45. The summed E-state index contributed by atoms with van der Waals surface area (Å²) in [5, 5.41) is 0. The van der Waals surface area contributed by atoms with Crippen molar-refractivity contribution in [2.24, 2.45) is 0 Å². The highest BCUT2D eigenvalue weighted by Crippen LogP contribution is 2.73. The van der Waals surface area contributed by atoms with Gasteiger partial charge in [-0.3, -0.25) is 9.05 Å². The fourth-order valence-corrected chi connectivity index (χ4v) is 3.83. The normalized spacial score (nSPS) is 17.4. The van der Waals surface area contributed by atoms with Crippen molar-refractivity contribution in [1.29, 1.82) is 0 Å². The Balaban J connectivity index is 2.21. The molecule has 0 fully saturated rings. The Labute approximate surface area is 85.3 Å². The molecule has 13 heavy (non-hydrogen) atoms. The van der Waals surface area contributed by atoms with Crippen molar-refractivity contribution in [2.75, 3.05) is 6.61 Å². The van der Waals surface area contributed by atoms with Crippen molar-refractivity contribution < 1.29 is 13.6 Å². The smallest absolute Gasteiger partial charge is 0.265 e. The molecule has 0 saturated heterocycles. The monoisotopic (exact) mass is 263 g/mol. The van der Waals surface area contributed by atoms with E-state index in [-0.39, 0.29) is 0 Å². The maximum atomic E-state index is 5.52. The van der Waals surface area contributed by atoms with Crippen LogP contribution in [0.1, 0.15) is 6.92 Å². The first kappa shape index (κ1) is 9.25. The molecule has 1 aliphatic heterocycles. The molecule has 0 saturated carbocycles. The summed E-state index contributed by atoms with van der Waals surface area (Å²) in [7, 11) is 0. The van der Waals surface area contributed by atoms with E-state index in [4.69, 9.17) is 13.6 Å². The maximum Gasteiger partial charge on any atom is 0.575 e. The van der Waals surface area contributed by atoms with Crippen molar-refractivity contribution in [3.8, 4) is 11.5 Å². The quantitative estimate of drug-likeness (QED) is 0.764. The minimum absolute atomic E-state index is 0.563. The Morgan fingerprint density at radius 1 is 1.31 bits per heavy atom. The summed E-state index contributed by atoms with van der Waals surface area (Å²) in [5.74, 6) is 1.47. The summed E-state index contributed by atoms with van der Waals surface area (Å²) < 4.78 is 16.4. The molecule has 1 heterocycles. The van der Waals surface area contributed by atoms with Crippen LogP contribution >= 0.6 is 22.1 Å². The zero-order chi connectivity index (χ0) is 9.31. The van der Waals surface area contributed by atoms with E-state index in [0.717, 1.165) is 11.5 Å². The van der Waals surface area contributed by atoms with Crippen LogP contribution in [0.2, 0.25) is 0 Å². The number of benzene rings is 1. The van der Waals surface area contributed by atoms with Crippen LogP contribution in [0.25, 0.3) is 0 Å². The Morgan fingerprint density at radius 2 is 1.85 bits per heavy atom. The van der Waals surface area contributed by atoms with Crippen molar-refractivity contribution in [1.82, 2.24) is 0 Å². The first-order valence-corrected chi connectivity index (χ1v) is 7.51. The lowest BCUT2D eigenvalue weighted by atomic mass is 10.3. The molecule has 0 aliphatic carbocycles. The van der Waals surface area contributed by atoms with Crippen LogP contribution in [-0.4, -0.2) is 6.61 Å². The van der Waals surface area contributed by atoms with Gasteiger partial charge in [-0.2, -0.15) is 4.52 Å². The molecule has 0 N–H and O–H groups in total. The van der Waals surface area contributed by atoms with Crippen LogP contribution in [-0.2, 0) is 4.52 Å². The van der Waals surface area contributed by atoms with E-state index in [2.05, 4.69) is 15.5 Å². The van der Waals surface area contributed by atoms with E-state index in [1.807, 2.05) is 31.2 Å². The molecule has 0 radical (unpaired) electrons. The minimum atomic E-state index is -2.29. The predicted octanol–water partition coefficient (Wildman–Crippen LogP) is 3.57. The summed E-state index contributed by atoms with van der Waals surface area (Å²) >= 11 is 3.33. The zero-order valence-corrected chi connectivity index (χ0v) is 9.55. The second-order valence-electron chi connectivity index (χ2n) is 2.48. The van der Waals surface area contributed by atoms with Crippen LogP contribution in [0.5, 0.6) is 11.5 Å². The topological polar surface area (TPSA) is 27.7 Å². The minimum Gasteiger partial charge on any atom is -0.265 e. The van der Waals surface area contributed by atoms with E-state index in [1.54, 1.807) is 0 Å². The molecule has 5 heteroatoms. The number of halogens is 1. The van der Waals surface area contributed by atoms with Crippen LogP contribution in [0.4, 0.5) is 0 Å². The van der Waals surface area contributed by atoms with Crippen LogP contribution in [0, 0.1) is 0 Å². The summed E-state index contributed by atoms with van der Waals surface area (Å²) in [6.07, 6.45) is 0. The molecule has 0 aromatic heterocycles. The van der Waals surface area contributed by atoms with Gasteiger partial charge in [0.1, 0.15) is 0 Å². The maximum absolute atomic E-state index is 5.52. The lowest BCUT2D eigenvalue weighted by molar-refractivity contribution is 0.295. The molecular formula is C8H9BrO3P+. The van der Waals surface area contributed by atoms with Gasteiger partial charge in [0, 0.05) is 0 Å². The average molecular weight is 264 g/mol. The molecule has 70 valence electrons. The first-order chi connectivity index (χ1) is 6.23. The number of fused-ring (bicyclic) bond motifs is 1. The fourth-order valence-electron chi connectivity index (χ4n) is 1.06. The number of hydrogen-bond acceptors (Lipinski definition) is 3. The highest BCUT2D eigenvalue weighted by atomic mass is 79.9. The van der Waals surface area contributed by atoms with Gasteiger partial charge in [0.2, 0.25) is 11.5 Å². The standard InChI is InChI=1S/C8H9BrO3P/c1-2-10-13(9)11-7-5-3-4-6-8(7)12-13/h3-6H,2H2,1H3/q+1. The Bertz CT molecular complexity index is 293. The molecule has 0 atom stereocenters. The van der Waals surface area contributed by atoms with Gasteiger partial charge in [0.15, 0.2) is 0 Å². The third-order valence-electron chi connectivity index (χ3n) is 1.55. The van der Waals surface area contributed by atoms with E-state index >= 15 is 0 Å². The van der Waals surface area contributed by atoms with E-state index in [9.17, 15) is 0 Å². The largest absolute Gasteiger partial charge is 0.575 e. The molecular weight excluding hydrogens is 255 g/mol. The van der Waals surface area contributed by atoms with Crippen molar-refractivity contribution >= 4 is 22.1 Å². The van der Waals surface area contributed by atoms with E-state index < -0.39 is 6.65 Å². The molecule has 0 amide bonds. The first-order valence-electron chi connectivity index (χ1n) is 3.95. The number of hydrogen-bond donors (Lipinski definition) is 0. The third kappa shape index (κ3) is 1.80. The van der Waals surface area contributed by atoms with Gasteiger partial charge >= 0.3 is 6.65 Å². The van der Waals surface area contributed by atoms with E-state index in [0.29, 0.717) is 6.61 Å². The van der Waals surface area contributed by atoms with Crippen LogP contribution in [0.15, 0.2) is 24.3 Å². The summed E-state index contributed by atoms with van der Waals surface area (Å²) in [6.45, 7) is 0.175. The van der Waals surface area contributed by atoms with Gasteiger partial charge in [-0.15, -0.1) is 0 Å². The van der Waals surface area contributed by atoms with Crippen molar-refractivity contribution in [3.63, 3.8) is 0 Å². The Morgan fingerprint density at radius 3 is 2.31 bits per heavy atom. The summed E-state index contributed by atoms with van der Waals surface area (Å²) in [6, 6.07) is 7.52. The lowest BCUT2D eigenvalue weighted by Gasteiger charge is -2.05. The molecule has 3 nitrogen and oxygen atoms in total. The van der Waals surface area contributed by atoms with Crippen molar-refractivity contribution in [2.45, 2.75) is 6.92 Å². The second kappa shape index (κ2) is 3.45. The SMILES string of the molecule is CCO[P+]1(Br)Oc2ccccc2O1. The predicted molar refractivity (Wildman–Crippen MR) is 55.2 cm³/mol. The fraction of sp³-hybridized carbons (Fsp3) is 0.250. The summed E-state index contributed by atoms with van der Waals surface area (Å²) in [5.41, 5.74) is 0. The van der Waals surface area contributed by atoms with Gasteiger partial charge in [-0.05, 0) is 19.1 Å². The summed E-state index contributed by atoms with van der Waals surface area (Å²) in [4.78, 5) is 0. The van der Waals surface area contributed by atoms with Gasteiger partial charge in [-0.1, -0.05) is 12.1 Å². The number of para-hydroxylation sites is 2. The second-order valence-corrected chi connectivity index (χ2v) is 6.57. The molecule has 1 aromatic carbocycles. The van der Waals surface area contributed by atoms with E-state index in [1.165, 1.54) is 0 Å². The number of rotatable bonds is 2. The average Bonchev–Trinajstić information content (AvgIpc) is 2.40. The molecule has 2 rings (SSSR count). The van der Waals surface area contributed by atoms with Gasteiger partial charge in [0.25, 0.3) is 15.5 Å². The van der Waals surface area contributed by atoms with Gasteiger partial charge < -0.3 is 0 Å². The zero-order valence-electron chi connectivity index (χ0n) is 7.07.